The molecule has 172 valence electrons. The Morgan fingerprint density at radius 2 is 1.91 bits per heavy atom. The van der Waals surface area contributed by atoms with E-state index < -0.39 is 23.2 Å². The first-order chi connectivity index (χ1) is 15.2. The third-order valence-electron chi connectivity index (χ3n) is 6.97. The van der Waals surface area contributed by atoms with Crippen LogP contribution in [-0.2, 0) is 11.7 Å². The van der Waals surface area contributed by atoms with Gasteiger partial charge in [-0.25, -0.2) is 0 Å². The van der Waals surface area contributed by atoms with Crippen molar-refractivity contribution in [3.63, 3.8) is 0 Å². The molecular weight excluding hydrogens is 437 g/mol. The lowest BCUT2D eigenvalue weighted by Gasteiger charge is -2.48. The van der Waals surface area contributed by atoms with Crippen LogP contribution in [0.25, 0.3) is 0 Å². The van der Waals surface area contributed by atoms with Gasteiger partial charge in [-0.1, -0.05) is 30.3 Å². The molecular formula is C24H27F3N2O2S. The lowest BCUT2D eigenvalue weighted by Crippen LogP contribution is -2.61. The number of hydrogen-bond donors (Lipinski definition) is 1. The predicted molar refractivity (Wildman–Crippen MR) is 119 cm³/mol. The number of benzene rings is 2. The maximum absolute atomic E-state index is 13.7. The number of amides is 1. The van der Waals surface area contributed by atoms with Crippen molar-refractivity contribution in [2.24, 2.45) is 0 Å². The molecule has 2 saturated heterocycles. The second kappa shape index (κ2) is 8.63. The molecule has 2 aliphatic heterocycles. The molecule has 2 aromatic carbocycles. The molecule has 4 nitrogen and oxygen atoms in total. The minimum atomic E-state index is -4.52. The molecule has 8 heteroatoms. The average Bonchev–Trinajstić information content (AvgIpc) is 3.04. The Morgan fingerprint density at radius 1 is 1.19 bits per heavy atom. The highest BCUT2D eigenvalue weighted by Gasteiger charge is 2.52. The lowest BCUT2D eigenvalue weighted by atomic mass is 9.76. The third kappa shape index (κ3) is 3.88. The second-order valence-electron chi connectivity index (χ2n) is 8.50. The number of nitrogens with zero attached hydrogens (tertiary/aromatic N) is 1. The molecule has 0 aromatic heterocycles. The Hall–Kier alpha value is -2.19. The van der Waals surface area contributed by atoms with E-state index in [0.29, 0.717) is 6.04 Å². The van der Waals surface area contributed by atoms with E-state index in [0.717, 1.165) is 55.1 Å². The topological polar surface area (TPSA) is 41.6 Å². The van der Waals surface area contributed by atoms with Crippen LogP contribution in [0.3, 0.4) is 0 Å². The zero-order valence-electron chi connectivity index (χ0n) is 18.3. The number of carbonyl (C=O) groups excluding carboxylic acids is 1. The molecule has 2 aliphatic rings. The number of methoxy groups -OCH3 is 1. The van der Waals surface area contributed by atoms with Crippen molar-refractivity contribution < 1.29 is 22.7 Å². The summed E-state index contributed by atoms with van der Waals surface area (Å²) in [5, 5.41) is 3.28. The standard InChI is InChI=1S/C24H27F3N2O2S/c1-29-17-9-10-20(29)23(12-11-17,15-7-5-4-6-8-15)28-22(30)21-18(31-2)13-16(24(25,26)27)14-19(21)32-3/h4-8,13-14,17,20H,9-12H2,1-3H3,(H,28,30)/t17-,20-,23-/m1/s1. The van der Waals surface area contributed by atoms with Crippen LogP contribution in [0, 0.1) is 0 Å². The fourth-order valence-corrected chi connectivity index (χ4v) is 6.01. The van der Waals surface area contributed by atoms with Gasteiger partial charge in [-0.3, -0.25) is 9.69 Å². The SMILES string of the molecule is COc1cc(C(F)(F)F)cc(SC)c1C(=O)N[C@@]1(c2ccccc2)CC[C@H]2CC[C@H]1N2C. The first-order valence-electron chi connectivity index (χ1n) is 10.6. The van der Waals surface area contributed by atoms with Crippen molar-refractivity contribution in [2.45, 2.75) is 54.4 Å². The van der Waals surface area contributed by atoms with Crippen LogP contribution in [-0.4, -0.2) is 43.3 Å². The summed E-state index contributed by atoms with van der Waals surface area (Å²) in [7, 11) is 3.39. The highest BCUT2D eigenvalue weighted by Crippen LogP contribution is 2.47. The number of nitrogens with one attached hydrogen (secondary N) is 1. The lowest BCUT2D eigenvalue weighted by molar-refractivity contribution is -0.137. The van der Waals surface area contributed by atoms with E-state index in [9.17, 15) is 18.0 Å². The number of halogens is 3. The van der Waals surface area contributed by atoms with E-state index in [1.54, 1.807) is 6.26 Å². The normalized spacial score (nSPS) is 25.6. The zero-order valence-corrected chi connectivity index (χ0v) is 19.1. The number of fused-ring (bicyclic) bond motifs is 2. The highest BCUT2D eigenvalue weighted by molar-refractivity contribution is 7.98. The predicted octanol–water partition coefficient (Wildman–Crippen LogP) is 5.32. The first kappa shape index (κ1) is 23.0. The summed E-state index contributed by atoms with van der Waals surface area (Å²) in [5.41, 5.74) is -0.291. The van der Waals surface area contributed by atoms with Crippen LogP contribution in [0.15, 0.2) is 47.4 Å². The number of carbonyl (C=O) groups is 1. The van der Waals surface area contributed by atoms with Gasteiger partial charge in [-0.05, 0) is 56.7 Å². The minimum absolute atomic E-state index is 0.0710. The van der Waals surface area contributed by atoms with Crippen LogP contribution in [0.1, 0.15) is 47.2 Å². The largest absolute Gasteiger partial charge is 0.496 e. The number of rotatable bonds is 5. The zero-order chi connectivity index (χ0) is 23.1. The van der Waals surface area contributed by atoms with Crippen molar-refractivity contribution in [1.29, 1.82) is 0 Å². The van der Waals surface area contributed by atoms with Gasteiger partial charge in [0.25, 0.3) is 5.91 Å². The highest BCUT2D eigenvalue weighted by atomic mass is 32.2. The van der Waals surface area contributed by atoms with E-state index >= 15 is 0 Å². The number of piperidine rings is 1. The molecule has 0 saturated carbocycles. The molecule has 32 heavy (non-hydrogen) atoms. The molecule has 0 spiro atoms. The van der Waals surface area contributed by atoms with Crippen molar-refractivity contribution >= 4 is 17.7 Å². The fraction of sp³-hybridized carbons (Fsp3) is 0.458. The van der Waals surface area contributed by atoms with Crippen LogP contribution in [0.5, 0.6) is 5.75 Å². The van der Waals surface area contributed by atoms with Gasteiger partial charge in [0.05, 0.1) is 23.8 Å². The number of alkyl halides is 3. The number of hydrogen-bond acceptors (Lipinski definition) is 4. The Morgan fingerprint density at radius 3 is 2.53 bits per heavy atom. The Kier molecular flexibility index (Phi) is 6.20. The molecule has 3 atom stereocenters. The summed E-state index contributed by atoms with van der Waals surface area (Å²) in [6, 6.07) is 12.4. The van der Waals surface area contributed by atoms with Gasteiger partial charge >= 0.3 is 6.18 Å². The van der Waals surface area contributed by atoms with Gasteiger partial charge in [-0.2, -0.15) is 13.2 Å². The number of ether oxygens (including phenoxy) is 1. The van der Waals surface area contributed by atoms with Gasteiger partial charge in [0, 0.05) is 17.0 Å². The summed E-state index contributed by atoms with van der Waals surface area (Å²) in [6.45, 7) is 0. The minimum Gasteiger partial charge on any atom is -0.496 e. The molecule has 2 fully saturated rings. The summed E-state index contributed by atoms with van der Waals surface area (Å²) in [6.07, 6.45) is 0.889. The summed E-state index contributed by atoms with van der Waals surface area (Å²) < 4.78 is 45.4. The quantitative estimate of drug-likeness (QED) is 0.609. The third-order valence-corrected chi connectivity index (χ3v) is 7.73. The van der Waals surface area contributed by atoms with E-state index in [-0.39, 0.29) is 22.3 Å². The molecule has 2 bridgehead atoms. The van der Waals surface area contributed by atoms with E-state index in [2.05, 4.69) is 17.3 Å². The second-order valence-corrected chi connectivity index (χ2v) is 9.34. The van der Waals surface area contributed by atoms with Crippen LogP contribution < -0.4 is 10.1 Å². The van der Waals surface area contributed by atoms with E-state index in [4.69, 9.17) is 4.74 Å². The van der Waals surface area contributed by atoms with Gasteiger partial charge in [-0.15, -0.1) is 11.8 Å². The molecule has 1 N–H and O–H groups in total. The summed E-state index contributed by atoms with van der Waals surface area (Å²) >= 11 is 1.10. The van der Waals surface area contributed by atoms with Gasteiger partial charge in [0.1, 0.15) is 5.75 Å². The molecule has 2 aromatic rings. The molecule has 1 amide bonds. The Bertz CT molecular complexity index is 973. The Labute approximate surface area is 190 Å². The average molecular weight is 465 g/mol. The fourth-order valence-electron chi connectivity index (χ4n) is 5.37. The molecule has 4 rings (SSSR count). The molecule has 2 heterocycles. The molecule has 0 aliphatic carbocycles. The van der Waals surface area contributed by atoms with E-state index in [1.807, 2.05) is 30.3 Å². The van der Waals surface area contributed by atoms with Crippen LogP contribution in [0.2, 0.25) is 0 Å². The first-order valence-corrected chi connectivity index (χ1v) is 11.9. The van der Waals surface area contributed by atoms with Crippen LogP contribution >= 0.6 is 11.8 Å². The van der Waals surface area contributed by atoms with Crippen molar-refractivity contribution in [3.05, 3.63) is 59.2 Å². The number of likely N-dealkylation sites (N-methyl/N-ethyl adjacent to an activating group) is 1. The van der Waals surface area contributed by atoms with E-state index in [1.165, 1.54) is 7.11 Å². The van der Waals surface area contributed by atoms with Gasteiger partial charge in [0.2, 0.25) is 0 Å². The maximum atomic E-state index is 13.7. The maximum Gasteiger partial charge on any atom is 0.416 e. The van der Waals surface area contributed by atoms with Crippen molar-refractivity contribution in [1.82, 2.24) is 10.2 Å². The van der Waals surface area contributed by atoms with Gasteiger partial charge in [0.15, 0.2) is 0 Å². The number of thioether (sulfide) groups is 1. The molecule has 0 radical (unpaired) electrons. The molecule has 0 unspecified atom stereocenters. The smallest absolute Gasteiger partial charge is 0.416 e. The monoisotopic (exact) mass is 464 g/mol. The van der Waals surface area contributed by atoms with Crippen molar-refractivity contribution in [3.8, 4) is 5.75 Å². The Balaban J connectivity index is 1.79. The van der Waals surface area contributed by atoms with Crippen LogP contribution in [0.4, 0.5) is 13.2 Å². The summed E-state index contributed by atoms with van der Waals surface area (Å²) in [4.78, 5) is 16.3. The van der Waals surface area contributed by atoms with Gasteiger partial charge < -0.3 is 10.1 Å². The van der Waals surface area contributed by atoms with Crippen molar-refractivity contribution in [2.75, 3.05) is 20.4 Å². The summed E-state index contributed by atoms with van der Waals surface area (Å²) in [5.74, 6) is -0.485.